The largest absolute Gasteiger partial charge is 1.00 e. The molecule has 42 valence electrons. The van der Waals surface area contributed by atoms with Crippen LogP contribution in [-0.4, -0.2) is 24.5 Å². The Balaban J connectivity index is 0. The summed E-state index contributed by atoms with van der Waals surface area (Å²) in [7, 11) is 0. The second kappa shape index (κ2) is 7.87. The molecule has 0 aliphatic carbocycles. The molecular weight excluding hydrogens is 139 g/mol. The summed E-state index contributed by atoms with van der Waals surface area (Å²) in [6.45, 7) is -0.504. The Morgan fingerprint density at radius 3 is 2.38 bits per heavy atom. The molecule has 0 amide bonds. The zero-order valence-corrected chi connectivity index (χ0v) is 7.71. The SMILES string of the molecule is O=C([O-])OCCO.[K+]. The van der Waals surface area contributed by atoms with Gasteiger partial charge in [-0.2, -0.15) is 0 Å². The zero-order chi connectivity index (χ0) is 5.70. The third-order valence-electron chi connectivity index (χ3n) is 0.311. The van der Waals surface area contributed by atoms with Crippen LogP contribution < -0.4 is 56.5 Å². The van der Waals surface area contributed by atoms with Gasteiger partial charge in [0.05, 0.1) is 13.2 Å². The fraction of sp³-hybridized carbons (Fsp3) is 0.667. The number of carboxylic acid groups (broad SMARTS) is 1. The third-order valence-corrected chi connectivity index (χ3v) is 0.311. The number of hydrogen-bond donors (Lipinski definition) is 1. The van der Waals surface area contributed by atoms with E-state index < -0.39 is 6.16 Å². The van der Waals surface area contributed by atoms with Gasteiger partial charge < -0.3 is 19.7 Å². The van der Waals surface area contributed by atoms with E-state index in [1.165, 1.54) is 0 Å². The first-order chi connectivity index (χ1) is 3.27. The molecule has 0 saturated carbocycles. The Hall–Kier alpha value is 0.866. The first kappa shape index (κ1) is 11.6. The Morgan fingerprint density at radius 1 is 1.75 bits per heavy atom. The molecule has 5 heteroatoms. The van der Waals surface area contributed by atoms with Crippen LogP contribution in [0.15, 0.2) is 0 Å². The van der Waals surface area contributed by atoms with Crippen molar-refractivity contribution in [1.29, 1.82) is 0 Å². The van der Waals surface area contributed by atoms with E-state index in [0.29, 0.717) is 0 Å². The Kier molecular flexibility index (Phi) is 11.4. The van der Waals surface area contributed by atoms with E-state index in [1.807, 2.05) is 0 Å². The molecule has 0 atom stereocenters. The topological polar surface area (TPSA) is 69.6 Å². The van der Waals surface area contributed by atoms with Gasteiger partial charge in [-0.3, -0.25) is 0 Å². The summed E-state index contributed by atoms with van der Waals surface area (Å²) in [4.78, 5) is 9.31. The van der Waals surface area contributed by atoms with Gasteiger partial charge in [0, 0.05) is 0 Å². The smallest absolute Gasteiger partial charge is 0.547 e. The summed E-state index contributed by atoms with van der Waals surface area (Å²) in [6, 6.07) is 0. The molecule has 4 nitrogen and oxygen atoms in total. The molecule has 0 aromatic rings. The van der Waals surface area contributed by atoms with Gasteiger partial charge in [-0.05, 0) is 0 Å². The van der Waals surface area contributed by atoms with Crippen molar-refractivity contribution in [3.63, 3.8) is 0 Å². The minimum atomic E-state index is -1.60. The molecule has 0 rings (SSSR count). The molecule has 0 aliphatic rings. The van der Waals surface area contributed by atoms with Crippen molar-refractivity contribution in [2.45, 2.75) is 0 Å². The van der Waals surface area contributed by atoms with Crippen molar-refractivity contribution in [1.82, 2.24) is 0 Å². The van der Waals surface area contributed by atoms with Gasteiger partial charge in [0.1, 0.15) is 0 Å². The summed E-state index contributed by atoms with van der Waals surface area (Å²) in [5.41, 5.74) is 0. The van der Waals surface area contributed by atoms with Gasteiger partial charge in [0.2, 0.25) is 0 Å². The van der Waals surface area contributed by atoms with Gasteiger partial charge in [0.25, 0.3) is 6.16 Å². The molecule has 0 saturated heterocycles. The molecule has 1 N–H and O–H groups in total. The zero-order valence-electron chi connectivity index (χ0n) is 4.59. The molecule has 0 unspecified atom stereocenters. The van der Waals surface area contributed by atoms with E-state index in [2.05, 4.69) is 4.74 Å². The van der Waals surface area contributed by atoms with Gasteiger partial charge >= 0.3 is 51.4 Å². The van der Waals surface area contributed by atoms with Crippen molar-refractivity contribution in [3.05, 3.63) is 0 Å². The molecule has 0 aromatic carbocycles. The molecule has 0 aromatic heterocycles. The summed E-state index contributed by atoms with van der Waals surface area (Å²) in [6.07, 6.45) is -1.60. The van der Waals surface area contributed by atoms with E-state index >= 15 is 0 Å². The van der Waals surface area contributed by atoms with Crippen LogP contribution in [0, 0.1) is 0 Å². The summed E-state index contributed by atoms with van der Waals surface area (Å²) in [5, 5.41) is 17.2. The number of aliphatic hydroxyl groups excluding tert-OH is 1. The van der Waals surface area contributed by atoms with Crippen LogP contribution >= 0.6 is 0 Å². The van der Waals surface area contributed by atoms with Crippen LogP contribution in [0.25, 0.3) is 0 Å². The van der Waals surface area contributed by atoms with E-state index in [4.69, 9.17) is 5.11 Å². The maximum Gasteiger partial charge on any atom is 1.00 e. The number of aliphatic hydroxyl groups is 1. The average molecular weight is 144 g/mol. The van der Waals surface area contributed by atoms with E-state index in [9.17, 15) is 9.90 Å². The van der Waals surface area contributed by atoms with Crippen molar-refractivity contribution in [2.24, 2.45) is 0 Å². The van der Waals surface area contributed by atoms with Crippen LogP contribution in [0.1, 0.15) is 0 Å². The monoisotopic (exact) mass is 144 g/mol. The van der Waals surface area contributed by atoms with E-state index in [1.54, 1.807) is 0 Å². The first-order valence-electron chi connectivity index (χ1n) is 1.72. The van der Waals surface area contributed by atoms with Crippen molar-refractivity contribution in [3.8, 4) is 0 Å². The summed E-state index contributed by atoms with van der Waals surface area (Å²) >= 11 is 0. The van der Waals surface area contributed by atoms with Crippen LogP contribution in [-0.2, 0) is 4.74 Å². The number of carbonyl (C=O) groups excluding carboxylic acids is 1. The third kappa shape index (κ3) is 9.98. The Morgan fingerprint density at radius 2 is 2.25 bits per heavy atom. The quantitative estimate of drug-likeness (QED) is 0.312. The standard InChI is InChI=1S/C3H6O4.K/c4-1-2-7-3(5)6;/h4H,1-2H2,(H,5,6);/q;+1/p-1. The van der Waals surface area contributed by atoms with Gasteiger partial charge in [0.15, 0.2) is 0 Å². The van der Waals surface area contributed by atoms with E-state index in [-0.39, 0.29) is 64.6 Å². The Labute approximate surface area is 89.3 Å². The maximum atomic E-state index is 9.31. The second-order valence-electron chi connectivity index (χ2n) is 0.822. The molecular formula is C3H5KO4. The van der Waals surface area contributed by atoms with Gasteiger partial charge in [-0.15, -0.1) is 0 Å². The molecule has 0 heterocycles. The average Bonchev–Trinajstić information content (AvgIpc) is 1.61. The Bertz CT molecular complexity index is 64.3. The number of ether oxygens (including phenoxy) is 1. The van der Waals surface area contributed by atoms with Gasteiger partial charge in [-0.1, -0.05) is 0 Å². The summed E-state index contributed by atoms with van der Waals surface area (Å²) in [5.74, 6) is 0. The molecule has 8 heavy (non-hydrogen) atoms. The van der Waals surface area contributed by atoms with Crippen LogP contribution in [0.3, 0.4) is 0 Å². The van der Waals surface area contributed by atoms with Crippen LogP contribution in [0.2, 0.25) is 0 Å². The fourth-order valence-corrected chi connectivity index (χ4v) is 0.129. The fourth-order valence-electron chi connectivity index (χ4n) is 0.129. The van der Waals surface area contributed by atoms with Gasteiger partial charge in [-0.25, -0.2) is 0 Å². The maximum absolute atomic E-state index is 9.31. The second-order valence-corrected chi connectivity index (χ2v) is 0.822. The molecule has 0 aliphatic heterocycles. The minimum absolute atomic E-state index is 0. The summed E-state index contributed by atoms with van der Waals surface area (Å²) < 4.78 is 3.75. The van der Waals surface area contributed by atoms with Crippen LogP contribution in [0.5, 0.6) is 0 Å². The number of hydrogen-bond acceptors (Lipinski definition) is 4. The van der Waals surface area contributed by atoms with Crippen molar-refractivity contribution in [2.75, 3.05) is 13.2 Å². The minimum Gasteiger partial charge on any atom is -0.547 e. The first-order valence-corrected chi connectivity index (χ1v) is 1.72. The van der Waals surface area contributed by atoms with Crippen molar-refractivity contribution < 1.29 is 71.1 Å². The van der Waals surface area contributed by atoms with Crippen LogP contribution in [0.4, 0.5) is 4.79 Å². The normalized spacial score (nSPS) is 7.12. The van der Waals surface area contributed by atoms with Crippen molar-refractivity contribution >= 4 is 6.16 Å². The number of carbonyl (C=O) groups is 1. The predicted octanol–water partition coefficient (Wildman–Crippen LogP) is -4.66. The molecule has 0 spiro atoms. The predicted molar refractivity (Wildman–Crippen MR) is 18.4 cm³/mol. The molecule has 0 radical (unpaired) electrons. The molecule has 0 fully saturated rings. The molecule has 0 bridgehead atoms. The van der Waals surface area contributed by atoms with E-state index in [0.717, 1.165) is 0 Å². The number of rotatable bonds is 2.